The lowest BCUT2D eigenvalue weighted by Crippen LogP contribution is -2.36. The molecule has 102 valence electrons. The van der Waals surface area contributed by atoms with Crippen LogP contribution in [-0.4, -0.2) is 22.4 Å². The zero-order valence-electron chi connectivity index (χ0n) is 10.5. The highest BCUT2D eigenvalue weighted by Crippen LogP contribution is 2.37. The van der Waals surface area contributed by atoms with Gasteiger partial charge in [-0.2, -0.15) is 0 Å². The highest BCUT2D eigenvalue weighted by molar-refractivity contribution is 7.80. The molecule has 2 aromatic rings. The Bertz CT molecular complexity index is 649. The van der Waals surface area contributed by atoms with Crippen LogP contribution in [0.15, 0.2) is 35.5 Å². The SMILES string of the molecule is Nc1nc(S)nc2c1NC(C=O)N2Cc1ccccc1. The number of hydrogen-bond donors (Lipinski definition) is 3. The number of nitrogens with one attached hydrogen (secondary N) is 1. The van der Waals surface area contributed by atoms with Crippen molar-refractivity contribution in [2.75, 3.05) is 16.0 Å². The molecule has 0 fully saturated rings. The molecule has 1 aromatic heterocycles. The smallest absolute Gasteiger partial charge is 0.188 e. The van der Waals surface area contributed by atoms with Crippen molar-refractivity contribution in [3.05, 3.63) is 35.9 Å². The Labute approximate surface area is 121 Å². The maximum Gasteiger partial charge on any atom is 0.188 e. The van der Waals surface area contributed by atoms with E-state index < -0.39 is 6.17 Å². The van der Waals surface area contributed by atoms with Crippen LogP contribution in [0.1, 0.15) is 5.56 Å². The minimum atomic E-state index is -0.503. The average molecular weight is 287 g/mol. The van der Waals surface area contributed by atoms with Gasteiger partial charge in [-0.3, -0.25) is 4.79 Å². The van der Waals surface area contributed by atoms with Crippen LogP contribution in [0.3, 0.4) is 0 Å². The molecule has 3 rings (SSSR count). The van der Waals surface area contributed by atoms with E-state index in [9.17, 15) is 4.79 Å². The first-order chi connectivity index (χ1) is 9.69. The number of carbonyl (C=O) groups is 1. The quantitative estimate of drug-likeness (QED) is 0.448. The molecule has 0 radical (unpaired) electrons. The summed E-state index contributed by atoms with van der Waals surface area (Å²) in [6.45, 7) is 0.550. The van der Waals surface area contributed by atoms with E-state index in [-0.39, 0.29) is 5.16 Å². The van der Waals surface area contributed by atoms with E-state index in [0.29, 0.717) is 23.9 Å². The number of aldehydes is 1. The molecular formula is C13H13N5OS. The van der Waals surface area contributed by atoms with Crippen LogP contribution < -0.4 is 16.0 Å². The van der Waals surface area contributed by atoms with Crippen LogP contribution in [0, 0.1) is 0 Å². The largest absolute Gasteiger partial charge is 0.382 e. The maximum absolute atomic E-state index is 11.3. The van der Waals surface area contributed by atoms with Crippen molar-refractivity contribution in [2.24, 2.45) is 0 Å². The van der Waals surface area contributed by atoms with E-state index in [1.165, 1.54) is 0 Å². The zero-order chi connectivity index (χ0) is 14.1. The fourth-order valence-electron chi connectivity index (χ4n) is 2.22. The second-order valence-corrected chi connectivity index (χ2v) is 4.85. The van der Waals surface area contributed by atoms with Gasteiger partial charge in [-0.25, -0.2) is 9.97 Å². The first-order valence-electron chi connectivity index (χ1n) is 6.08. The fraction of sp³-hybridized carbons (Fsp3) is 0.154. The lowest BCUT2D eigenvalue weighted by molar-refractivity contribution is -0.108. The van der Waals surface area contributed by atoms with Crippen molar-refractivity contribution in [3.63, 3.8) is 0 Å². The molecule has 7 heteroatoms. The summed E-state index contributed by atoms with van der Waals surface area (Å²) in [5.74, 6) is 0.894. The van der Waals surface area contributed by atoms with Gasteiger partial charge in [0.1, 0.15) is 5.69 Å². The Balaban J connectivity index is 2.00. The highest BCUT2D eigenvalue weighted by atomic mass is 32.1. The predicted octanol–water partition coefficient (Wildman–Crippen LogP) is 1.30. The molecule has 0 bridgehead atoms. The number of hydrogen-bond acceptors (Lipinski definition) is 7. The highest BCUT2D eigenvalue weighted by Gasteiger charge is 2.32. The Hall–Kier alpha value is -2.28. The van der Waals surface area contributed by atoms with E-state index in [4.69, 9.17) is 5.73 Å². The first-order valence-corrected chi connectivity index (χ1v) is 6.52. The number of aromatic nitrogens is 2. The van der Waals surface area contributed by atoms with E-state index in [1.54, 1.807) is 0 Å². The molecule has 3 N–H and O–H groups in total. The molecule has 1 unspecified atom stereocenters. The summed E-state index contributed by atoms with van der Waals surface area (Å²) in [4.78, 5) is 21.4. The number of anilines is 3. The van der Waals surface area contributed by atoms with E-state index in [1.807, 2.05) is 35.2 Å². The minimum absolute atomic E-state index is 0.285. The molecule has 1 atom stereocenters. The normalized spacial score (nSPS) is 16.6. The van der Waals surface area contributed by atoms with Crippen molar-refractivity contribution in [3.8, 4) is 0 Å². The van der Waals surface area contributed by atoms with Gasteiger partial charge in [0.15, 0.2) is 29.2 Å². The molecule has 6 nitrogen and oxygen atoms in total. The van der Waals surface area contributed by atoms with Crippen molar-refractivity contribution in [2.45, 2.75) is 17.9 Å². The third kappa shape index (κ3) is 2.16. The van der Waals surface area contributed by atoms with Gasteiger partial charge in [-0.05, 0) is 5.56 Å². The van der Waals surface area contributed by atoms with E-state index in [2.05, 4.69) is 27.9 Å². The number of rotatable bonds is 3. The van der Waals surface area contributed by atoms with E-state index >= 15 is 0 Å². The Morgan fingerprint density at radius 3 is 2.80 bits per heavy atom. The number of nitrogen functional groups attached to an aromatic ring is 1. The molecule has 1 aliphatic rings. The van der Waals surface area contributed by atoms with Crippen molar-refractivity contribution < 1.29 is 4.79 Å². The van der Waals surface area contributed by atoms with Crippen LogP contribution in [0.2, 0.25) is 0 Å². The summed E-state index contributed by atoms with van der Waals surface area (Å²) >= 11 is 4.13. The molecule has 0 amide bonds. The molecule has 0 saturated carbocycles. The topological polar surface area (TPSA) is 84.1 Å². The molecule has 1 aromatic carbocycles. The molecule has 0 saturated heterocycles. The van der Waals surface area contributed by atoms with Crippen LogP contribution in [0.25, 0.3) is 0 Å². The summed E-state index contributed by atoms with van der Waals surface area (Å²) in [5, 5.41) is 3.31. The number of thiol groups is 1. The Kier molecular flexibility index (Phi) is 3.19. The second kappa shape index (κ2) is 5.01. The van der Waals surface area contributed by atoms with Gasteiger partial charge in [0.2, 0.25) is 0 Å². The summed E-state index contributed by atoms with van der Waals surface area (Å²) < 4.78 is 0. The van der Waals surface area contributed by atoms with Gasteiger partial charge in [-0.15, -0.1) is 12.6 Å². The maximum atomic E-state index is 11.3. The van der Waals surface area contributed by atoms with Crippen LogP contribution in [-0.2, 0) is 11.3 Å². The van der Waals surface area contributed by atoms with Gasteiger partial charge in [0.25, 0.3) is 0 Å². The van der Waals surface area contributed by atoms with Crippen LogP contribution in [0.4, 0.5) is 17.3 Å². The number of nitrogens with zero attached hydrogens (tertiary/aromatic N) is 3. The minimum Gasteiger partial charge on any atom is -0.382 e. The summed E-state index contributed by atoms with van der Waals surface area (Å²) in [7, 11) is 0. The first kappa shape index (κ1) is 12.7. The van der Waals surface area contributed by atoms with Crippen molar-refractivity contribution in [1.29, 1.82) is 0 Å². The fourth-order valence-corrected chi connectivity index (χ4v) is 2.42. The second-order valence-electron chi connectivity index (χ2n) is 4.45. The van der Waals surface area contributed by atoms with Gasteiger partial charge < -0.3 is 16.0 Å². The van der Waals surface area contributed by atoms with E-state index in [0.717, 1.165) is 11.8 Å². The average Bonchev–Trinajstić information content (AvgIpc) is 2.78. The Morgan fingerprint density at radius 2 is 2.10 bits per heavy atom. The molecule has 20 heavy (non-hydrogen) atoms. The van der Waals surface area contributed by atoms with Gasteiger partial charge in [0.05, 0.1) is 0 Å². The van der Waals surface area contributed by atoms with Crippen molar-refractivity contribution in [1.82, 2.24) is 9.97 Å². The molecular weight excluding hydrogens is 274 g/mol. The monoisotopic (exact) mass is 287 g/mol. The predicted molar refractivity (Wildman–Crippen MR) is 79.8 cm³/mol. The number of benzene rings is 1. The summed E-state index contributed by atoms with van der Waals surface area (Å²) in [5.41, 5.74) is 7.50. The lowest BCUT2D eigenvalue weighted by Gasteiger charge is -2.21. The van der Waals surface area contributed by atoms with Crippen LogP contribution in [0.5, 0.6) is 0 Å². The number of nitrogens with two attached hydrogens (primary N) is 1. The van der Waals surface area contributed by atoms with Gasteiger partial charge in [0, 0.05) is 6.54 Å². The molecule has 0 spiro atoms. The molecule has 2 heterocycles. The van der Waals surface area contributed by atoms with Crippen LogP contribution >= 0.6 is 12.6 Å². The van der Waals surface area contributed by atoms with Gasteiger partial charge >= 0.3 is 0 Å². The standard InChI is InChI=1S/C13H13N5OS/c14-11-10-12(17-13(20)16-11)18(9(7-19)15-10)6-8-4-2-1-3-5-8/h1-5,7,9,15H,6H2,(H3,14,16,17,20). The molecule has 1 aliphatic heterocycles. The van der Waals surface area contributed by atoms with Crippen molar-refractivity contribution >= 4 is 36.2 Å². The third-order valence-corrected chi connectivity index (χ3v) is 3.33. The number of fused-ring (bicyclic) bond motifs is 1. The number of carbonyl (C=O) groups excluding carboxylic acids is 1. The Morgan fingerprint density at radius 1 is 1.35 bits per heavy atom. The zero-order valence-corrected chi connectivity index (χ0v) is 11.4. The lowest BCUT2D eigenvalue weighted by atomic mass is 10.2. The van der Waals surface area contributed by atoms with Gasteiger partial charge in [-0.1, -0.05) is 30.3 Å². The summed E-state index contributed by atoms with van der Waals surface area (Å²) in [6, 6.07) is 9.84. The third-order valence-electron chi connectivity index (χ3n) is 3.13. The summed E-state index contributed by atoms with van der Waals surface area (Å²) in [6.07, 6.45) is 0.319. The molecule has 0 aliphatic carbocycles.